The number of amides is 1. The summed E-state index contributed by atoms with van der Waals surface area (Å²) in [6.45, 7) is 9.64. The lowest BCUT2D eigenvalue weighted by Gasteiger charge is -2.42. The standard InChI is InChI=1S/C10H20N2O2/c1-7-5-11-8(10(2,3)4)6-12(7)9(13)14/h7-8,11H,5-6H2,1-4H3,(H,13,14). The van der Waals surface area contributed by atoms with Crippen LogP contribution in [0.15, 0.2) is 0 Å². The summed E-state index contributed by atoms with van der Waals surface area (Å²) < 4.78 is 0. The molecule has 0 aromatic carbocycles. The summed E-state index contributed by atoms with van der Waals surface area (Å²) in [5.74, 6) is 0. The average Bonchev–Trinajstić information content (AvgIpc) is 2.02. The Morgan fingerprint density at radius 1 is 1.50 bits per heavy atom. The maximum Gasteiger partial charge on any atom is 0.407 e. The van der Waals surface area contributed by atoms with Crippen molar-refractivity contribution in [3.63, 3.8) is 0 Å². The number of carboxylic acid groups (broad SMARTS) is 1. The number of hydrogen-bond acceptors (Lipinski definition) is 2. The Kier molecular flexibility index (Phi) is 3.04. The molecule has 2 N–H and O–H groups in total. The van der Waals surface area contributed by atoms with Crippen LogP contribution in [0.2, 0.25) is 0 Å². The number of nitrogens with one attached hydrogen (secondary N) is 1. The number of piperazine rings is 1. The molecule has 1 rings (SSSR count). The smallest absolute Gasteiger partial charge is 0.407 e. The molecule has 1 aliphatic rings. The Morgan fingerprint density at radius 2 is 2.07 bits per heavy atom. The first kappa shape index (κ1) is 11.3. The van der Waals surface area contributed by atoms with Gasteiger partial charge in [-0.25, -0.2) is 4.79 Å². The van der Waals surface area contributed by atoms with E-state index in [1.807, 2.05) is 6.92 Å². The van der Waals surface area contributed by atoms with Crippen molar-refractivity contribution in [2.45, 2.75) is 39.8 Å². The van der Waals surface area contributed by atoms with Crippen molar-refractivity contribution >= 4 is 6.09 Å². The fraction of sp³-hybridized carbons (Fsp3) is 0.900. The van der Waals surface area contributed by atoms with Gasteiger partial charge in [0.05, 0.1) is 0 Å². The summed E-state index contributed by atoms with van der Waals surface area (Å²) in [6.07, 6.45) is -0.812. The molecule has 1 saturated heterocycles. The van der Waals surface area contributed by atoms with E-state index in [2.05, 4.69) is 26.1 Å². The molecule has 0 radical (unpaired) electrons. The van der Waals surface area contributed by atoms with Gasteiger partial charge in [-0.3, -0.25) is 0 Å². The van der Waals surface area contributed by atoms with Crippen LogP contribution in [0, 0.1) is 5.41 Å². The summed E-state index contributed by atoms with van der Waals surface area (Å²) in [4.78, 5) is 12.5. The van der Waals surface area contributed by atoms with Gasteiger partial charge in [0.25, 0.3) is 0 Å². The van der Waals surface area contributed by atoms with Crippen molar-refractivity contribution in [1.82, 2.24) is 10.2 Å². The average molecular weight is 200 g/mol. The second kappa shape index (κ2) is 3.77. The van der Waals surface area contributed by atoms with Gasteiger partial charge in [-0.05, 0) is 12.3 Å². The minimum Gasteiger partial charge on any atom is -0.465 e. The van der Waals surface area contributed by atoms with E-state index in [4.69, 9.17) is 5.11 Å². The molecule has 2 unspecified atom stereocenters. The molecule has 14 heavy (non-hydrogen) atoms. The molecule has 0 aromatic rings. The molecular formula is C10H20N2O2. The fourth-order valence-corrected chi connectivity index (χ4v) is 1.71. The molecule has 4 heteroatoms. The zero-order chi connectivity index (χ0) is 10.9. The Hall–Kier alpha value is -0.770. The van der Waals surface area contributed by atoms with Gasteiger partial charge < -0.3 is 15.3 Å². The van der Waals surface area contributed by atoms with Crippen LogP contribution in [0.25, 0.3) is 0 Å². The molecule has 82 valence electrons. The van der Waals surface area contributed by atoms with Crippen molar-refractivity contribution in [1.29, 1.82) is 0 Å². The van der Waals surface area contributed by atoms with E-state index in [9.17, 15) is 4.79 Å². The van der Waals surface area contributed by atoms with Crippen LogP contribution in [0.4, 0.5) is 4.79 Å². The van der Waals surface area contributed by atoms with Gasteiger partial charge >= 0.3 is 6.09 Å². The minimum absolute atomic E-state index is 0.0751. The van der Waals surface area contributed by atoms with Crippen molar-refractivity contribution < 1.29 is 9.90 Å². The molecule has 1 aliphatic heterocycles. The van der Waals surface area contributed by atoms with Gasteiger partial charge in [-0.1, -0.05) is 20.8 Å². The third-order valence-electron chi connectivity index (χ3n) is 2.86. The quantitative estimate of drug-likeness (QED) is 0.621. The summed E-state index contributed by atoms with van der Waals surface area (Å²) in [5, 5.41) is 12.4. The monoisotopic (exact) mass is 200 g/mol. The second-order valence-electron chi connectivity index (χ2n) is 5.11. The third kappa shape index (κ3) is 2.38. The van der Waals surface area contributed by atoms with Crippen LogP contribution in [-0.4, -0.2) is 41.3 Å². The number of rotatable bonds is 0. The SMILES string of the molecule is CC1CNC(C(C)(C)C)CN1C(=O)O. The van der Waals surface area contributed by atoms with Crippen LogP contribution in [0.3, 0.4) is 0 Å². The Balaban J connectivity index is 2.67. The lowest BCUT2D eigenvalue weighted by Crippen LogP contribution is -2.60. The highest BCUT2D eigenvalue weighted by Gasteiger charge is 2.34. The summed E-state index contributed by atoms with van der Waals surface area (Å²) in [7, 11) is 0. The van der Waals surface area contributed by atoms with Gasteiger partial charge in [0.1, 0.15) is 0 Å². The first-order chi connectivity index (χ1) is 6.32. The van der Waals surface area contributed by atoms with Crippen molar-refractivity contribution in [3.8, 4) is 0 Å². The molecule has 0 bridgehead atoms. The molecule has 0 aromatic heterocycles. The van der Waals surface area contributed by atoms with E-state index in [-0.39, 0.29) is 17.5 Å². The normalized spacial score (nSPS) is 29.0. The zero-order valence-corrected chi connectivity index (χ0v) is 9.37. The van der Waals surface area contributed by atoms with E-state index in [0.717, 1.165) is 6.54 Å². The van der Waals surface area contributed by atoms with Gasteiger partial charge in [0, 0.05) is 25.2 Å². The molecule has 2 atom stereocenters. The van der Waals surface area contributed by atoms with Crippen molar-refractivity contribution in [3.05, 3.63) is 0 Å². The minimum atomic E-state index is -0.812. The first-order valence-electron chi connectivity index (χ1n) is 5.05. The number of hydrogen-bond donors (Lipinski definition) is 2. The van der Waals surface area contributed by atoms with E-state index >= 15 is 0 Å². The highest BCUT2D eigenvalue weighted by Crippen LogP contribution is 2.23. The summed E-state index contributed by atoms with van der Waals surface area (Å²) in [6, 6.07) is 0.320. The number of carbonyl (C=O) groups is 1. The van der Waals surface area contributed by atoms with Crippen molar-refractivity contribution in [2.75, 3.05) is 13.1 Å². The van der Waals surface area contributed by atoms with Crippen LogP contribution in [0.5, 0.6) is 0 Å². The molecule has 4 nitrogen and oxygen atoms in total. The Labute approximate surface area is 85.3 Å². The topological polar surface area (TPSA) is 52.6 Å². The molecule has 0 aliphatic carbocycles. The molecule has 1 heterocycles. The van der Waals surface area contributed by atoms with E-state index in [0.29, 0.717) is 6.54 Å². The van der Waals surface area contributed by atoms with Gasteiger partial charge in [0.2, 0.25) is 0 Å². The van der Waals surface area contributed by atoms with Gasteiger partial charge in [-0.2, -0.15) is 0 Å². The molecule has 0 spiro atoms. The lowest BCUT2D eigenvalue weighted by molar-refractivity contribution is 0.0808. The predicted octanol–water partition coefficient (Wildman–Crippen LogP) is 1.37. The Morgan fingerprint density at radius 3 is 2.50 bits per heavy atom. The number of nitrogens with zero attached hydrogens (tertiary/aromatic N) is 1. The maximum atomic E-state index is 10.9. The lowest BCUT2D eigenvalue weighted by atomic mass is 9.85. The summed E-state index contributed by atoms with van der Waals surface area (Å²) in [5.41, 5.74) is 0.105. The third-order valence-corrected chi connectivity index (χ3v) is 2.86. The van der Waals surface area contributed by atoms with Crippen LogP contribution in [0.1, 0.15) is 27.7 Å². The van der Waals surface area contributed by atoms with E-state index < -0.39 is 6.09 Å². The summed E-state index contributed by atoms with van der Waals surface area (Å²) >= 11 is 0. The highest BCUT2D eigenvalue weighted by molar-refractivity contribution is 5.65. The second-order valence-corrected chi connectivity index (χ2v) is 5.11. The van der Waals surface area contributed by atoms with Gasteiger partial charge in [0.15, 0.2) is 0 Å². The zero-order valence-electron chi connectivity index (χ0n) is 9.37. The van der Waals surface area contributed by atoms with E-state index in [1.165, 1.54) is 4.90 Å². The predicted molar refractivity (Wildman–Crippen MR) is 55.4 cm³/mol. The first-order valence-corrected chi connectivity index (χ1v) is 5.05. The molecule has 1 fully saturated rings. The van der Waals surface area contributed by atoms with Crippen LogP contribution < -0.4 is 5.32 Å². The highest BCUT2D eigenvalue weighted by atomic mass is 16.4. The van der Waals surface area contributed by atoms with Crippen LogP contribution in [-0.2, 0) is 0 Å². The maximum absolute atomic E-state index is 10.9. The van der Waals surface area contributed by atoms with Gasteiger partial charge in [-0.15, -0.1) is 0 Å². The Bertz CT molecular complexity index is 223. The largest absolute Gasteiger partial charge is 0.465 e. The molecular weight excluding hydrogens is 180 g/mol. The van der Waals surface area contributed by atoms with Crippen LogP contribution >= 0.6 is 0 Å². The molecule has 0 saturated carbocycles. The van der Waals surface area contributed by atoms with E-state index in [1.54, 1.807) is 0 Å². The van der Waals surface area contributed by atoms with Crippen molar-refractivity contribution in [2.24, 2.45) is 5.41 Å². The fourth-order valence-electron chi connectivity index (χ4n) is 1.71. The molecule has 1 amide bonds.